The van der Waals surface area contributed by atoms with Gasteiger partial charge in [-0.1, -0.05) is 13.8 Å². The van der Waals surface area contributed by atoms with Gasteiger partial charge in [0.1, 0.15) is 11.5 Å². The molecule has 78 valence electrons. The third kappa shape index (κ3) is 2.01. The maximum absolute atomic E-state index is 4.34. The van der Waals surface area contributed by atoms with Crippen LogP contribution in [0, 0.1) is 6.92 Å². The molecule has 0 bridgehead atoms. The third-order valence-corrected chi connectivity index (χ3v) is 2.06. The van der Waals surface area contributed by atoms with Crippen molar-refractivity contribution in [2.45, 2.75) is 26.7 Å². The van der Waals surface area contributed by atoms with Crippen molar-refractivity contribution in [3.63, 3.8) is 0 Å². The number of rotatable bonds is 2. The van der Waals surface area contributed by atoms with Gasteiger partial charge in [0.25, 0.3) is 0 Å². The zero-order valence-electron chi connectivity index (χ0n) is 9.02. The number of aromatic amines is 1. The van der Waals surface area contributed by atoms with E-state index < -0.39 is 0 Å². The summed E-state index contributed by atoms with van der Waals surface area (Å²) in [6.45, 7) is 6.02. The molecule has 0 aliphatic heterocycles. The minimum absolute atomic E-state index is 0.338. The minimum atomic E-state index is 0.338. The Balaban J connectivity index is 2.33. The summed E-state index contributed by atoms with van der Waals surface area (Å²) < 4.78 is 0. The lowest BCUT2D eigenvalue weighted by atomic mass is 10.2. The fraction of sp³-hybridized carbons (Fsp3) is 0.400. The van der Waals surface area contributed by atoms with Crippen LogP contribution in [-0.4, -0.2) is 25.1 Å². The van der Waals surface area contributed by atoms with Crippen molar-refractivity contribution in [2.24, 2.45) is 0 Å². The van der Waals surface area contributed by atoms with Crippen molar-refractivity contribution < 1.29 is 0 Å². The van der Waals surface area contributed by atoms with E-state index in [1.54, 1.807) is 12.4 Å². The van der Waals surface area contributed by atoms with Crippen LogP contribution in [-0.2, 0) is 0 Å². The van der Waals surface area contributed by atoms with E-state index >= 15 is 0 Å². The van der Waals surface area contributed by atoms with E-state index in [4.69, 9.17) is 0 Å². The Hall–Kier alpha value is -1.78. The summed E-state index contributed by atoms with van der Waals surface area (Å²) in [5.41, 5.74) is 1.59. The summed E-state index contributed by atoms with van der Waals surface area (Å²) >= 11 is 0. The van der Waals surface area contributed by atoms with Crippen LogP contribution in [0.25, 0.3) is 11.5 Å². The fourth-order valence-corrected chi connectivity index (χ4v) is 1.16. The van der Waals surface area contributed by atoms with Gasteiger partial charge in [-0.3, -0.25) is 10.1 Å². The molecule has 2 rings (SSSR count). The number of nitrogens with one attached hydrogen (secondary N) is 1. The fourth-order valence-electron chi connectivity index (χ4n) is 1.16. The first kappa shape index (κ1) is 9.76. The van der Waals surface area contributed by atoms with Crippen molar-refractivity contribution in [1.29, 1.82) is 0 Å². The van der Waals surface area contributed by atoms with Crippen molar-refractivity contribution in [3.8, 4) is 11.5 Å². The van der Waals surface area contributed by atoms with Crippen LogP contribution in [0.4, 0.5) is 0 Å². The summed E-state index contributed by atoms with van der Waals surface area (Å²) in [5.74, 6) is 1.81. The van der Waals surface area contributed by atoms with Gasteiger partial charge in [-0.2, -0.15) is 5.10 Å². The van der Waals surface area contributed by atoms with Crippen LogP contribution in [0.15, 0.2) is 12.4 Å². The van der Waals surface area contributed by atoms with Gasteiger partial charge in [-0.25, -0.2) is 9.97 Å². The van der Waals surface area contributed by atoms with E-state index in [0.29, 0.717) is 17.4 Å². The largest absolute Gasteiger partial charge is 0.262 e. The number of H-pyrrole nitrogens is 1. The Kier molecular flexibility index (Phi) is 2.45. The van der Waals surface area contributed by atoms with E-state index in [2.05, 4.69) is 39.0 Å². The highest BCUT2D eigenvalue weighted by Gasteiger charge is 2.09. The second-order valence-corrected chi connectivity index (χ2v) is 3.74. The van der Waals surface area contributed by atoms with Crippen LogP contribution < -0.4 is 0 Å². The van der Waals surface area contributed by atoms with Gasteiger partial charge in [0, 0.05) is 12.1 Å². The van der Waals surface area contributed by atoms with Gasteiger partial charge in [-0.05, 0) is 6.92 Å². The standard InChI is InChI=1S/C10H13N5/c1-6(2)9-13-10(15-14-9)8-5-11-7(3)4-12-8/h4-6H,1-3H3,(H,13,14,15). The molecular formula is C10H13N5. The molecule has 5 heteroatoms. The molecule has 0 radical (unpaired) electrons. The second kappa shape index (κ2) is 3.76. The maximum atomic E-state index is 4.34. The molecule has 1 N–H and O–H groups in total. The Labute approximate surface area is 88.0 Å². The van der Waals surface area contributed by atoms with Crippen LogP contribution in [0.2, 0.25) is 0 Å². The number of aryl methyl sites for hydroxylation is 1. The zero-order valence-corrected chi connectivity index (χ0v) is 9.02. The van der Waals surface area contributed by atoms with Gasteiger partial charge >= 0.3 is 0 Å². The highest BCUT2D eigenvalue weighted by molar-refractivity contribution is 5.46. The second-order valence-electron chi connectivity index (χ2n) is 3.74. The van der Waals surface area contributed by atoms with Crippen LogP contribution in [0.5, 0.6) is 0 Å². The normalized spacial score (nSPS) is 10.9. The highest BCUT2D eigenvalue weighted by atomic mass is 15.2. The molecule has 0 fully saturated rings. The number of hydrogen-bond acceptors (Lipinski definition) is 4. The van der Waals surface area contributed by atoms with Crippen LogP contribution in [0.3, 0.4) is 0 Å². The molecule has 2 aromatic heterocycles. The summed E-state index contributed by atoms with van der Waals surface area (Å²) in [6, 6.07) is 0. The molecule has 0 aliphatic carbocycles. The molecule has 2 aromatic rings. The van der Waals surface area contributed by atoms with E-state index in [9.17, 15) is 0 Å². The van der Waals surface area contributed by atoms with E-state index in [1.807, 2.05) is 6.92 Å². The lowest BCUT2D eigenvalue weighted by Gasteiger charge is -1.96. The SMILES string of the molecule is Cc1cnc(-c2n[nH]c(C(C)C)n2)cn1. The van der Waals surface area contributed by atoms with Crippen LogP contribution >= 0.6 is 0 Å². The molecule has 0 amide bonds. The Morgan fingerprint density at radius 1 is 1.20 bits per heavy atom. The molecule has 0 saturated carbocycles. The van der Waals surface area contributed by atoms with Crippen LogP contribution in [0.1, 0.15) is 31.3 Å². The maximum Gasteiger partial charge on any atom is 0.201 e. The average Bonchev–Trinajstić information content (AvgIpc) is 2.68. The number of nitrogens with zero attached hydrogens (tertiary/aromatic N) is 4. The van der Waals surface area contributed by atoms with Crippen molar-refractivity contribution in [3.05, 3.63) is 23.9 Å². The lowest BCUT2D eigenvalue weighted by molar-refractivity contribution is 0.781. The first-order valence-electron chi connectivity index (χ1n) is 4.88. The molecular weight excluding hydrogens is 190 g/mol. The summed E-state index contributed by atoms with van der Waals surface area (Å²) in [4.78, 5) is 12.7. The topological polar surface area (TPSA) is 67.3 Å². The molecule has 0 atom stereocenters. The predicted octanol–water partition coefficient (Wildman–Crippen LogP) is 1.69. The lowest BCUT2D eigenvalue weighted by Crippen LogP contribution is -1.91. The number of hydrogen-bond donors (Lipinski definition) is 1. The quantitative estimate of drug-likeness (QED) is 0.806. The molecule has 0 aliphatic rings. The molecule has 5 nitrogen and oxygen atoms in total. The zero-order chi connectivity index (χ0) is 10.8. The van der Waals surface area contributed by atoms with Crippen molar-refractivity contribution in [2.75, 3.05) is 0 Å². The van der Waals surface area contributed by atoms with E-state index in [1.165, 1.54) is 0 Å². The molecule has 15 heavy (non-hydrogen) atoms. The Morgan fingerprint density at radius 2 is 2.00 bits per heavy atom. The molecule has 0 spiro atoms. The Bertz CT molecular complexity index is 443. The number of aromatic nitrogens is 5. The van der Waals surface area contributed by atoms with Crippen molar-refractivity contribution >= 4 is 0 Å². The molecule has 0 unspecified atom stereocenters. The van der Waals surface area contributed by atoms with Gasteiger partial charge in [0.15, 0.2) is 0 Å². The summed E-state index contributed by atoms with van der Waals surface area (Å²) in [7, 11) is 0. The average molecular weight is 203 g/mol. The van der Waals surface area contributed by atoms with E-state index in [-0.39, 0.29) is 0 Å². The Morgan fingerprint density at radius 3 is 2.53 bits per heavy atom. The van der Waals surface area contributed by atoms with Gasteiger partial charge in [-0.15, -0.1) is 0 Å². The minimum Gasteiger partial charge on any atom is -0.262 e. The van der Waals surface area contributed by atoms with Gasteiger partial charge in [0.05, 0.1) is 11.9 Å². The summed E-state index contributed by atoms with van der Waals surface area (Å²) in [5, 5.41) is 6.99. The first-order chi connectivity index (χ1) is 7.16. The first-order valence-corrected chi connectivity index (χ1v) is 4.88. The van der Waals surface area contributed by atoms with E-state index in [0.717, 1.165) is 11.5 Å². The van der Waals surface area contributed by atoms with Gasteiger partial charge in [0.2, 0.25) is 5.82 Å². The smallest absolute Gasteiger partial charge is 0.201 e. The van der Waals surface area contributed by atoms with Gasteiger partial charge < -0.3 is 0 Å². The predicted molar refractivity (Wildman–Crippen MR) is 56.2 cm³/mol. The molecule has 0 aromatic carbocycles. The van der Waals surface area contributed by atoms with Crippen molar-refractivity contribution in [1.82, 2.24) is 25.1 Å². The monoisotopic (exact) mass is 203 g/mol. The summed E-state index contributed by atoms with van der Waals surface area (Å²) in [6.07, 6.45) is 3.39. The third-order valence-electron chi connectivity index (χ3n) is 2.06. The highest BCUT2D eigenvalue weighted by Crippen LogP contribution is 2.14. The molecule has 2 heterocycles. The molecule has 0 saturated heterocycles.